The molecular formula is C17H20N2O3. The summed E-state index contributed by atoms with van der Waals surface area (Å²) >= 11 is 0. The Balaban J connectivity index is 2.04. The number of nitro benzene ring substituents is 1. The van der Waals surface area contributed by atoms with E-state index in [0.717, 1.165) is 13.0 Å². The quantitative estimate of drug-likeness (QED) is 0.601. The standard InChI is InChI=1S/C17H20N2O3/c20-13-12-18(11-10-15-6-2-1-3-7-15)14-16-8-4-5-9-17(16)19(21)22/h1-9,20H,10-14H2. The molecule has 0 saturated heterocycles. The van der Waals surface area contributed by atoms with Gasteiger partial charge in [-0.05, 0) is 12.0 Å². The van der Waals surface area contributed by atoms with Crippen LogP contribution in [0.2, 0.25) is 0 Å². The van der Waals surface area contributed by atoms with Crippen LogP contribution >= 0.6 is 0 Å². The second-order valence-electron chi connectivity index (χ2n) is 5.12. The van der Waals surface area contributed by atoms with Crippen LogP contribution in [-0.4, -0.2) is 34.6 Å². The fourth-order valence-electron chi connectivity index (χ4n) is 2.41. The Morgan fingerprint density at radius 1 is 1.00 bits per heavy atom. The first kappa shape index (κ1) is 16.1. The number of nitrogens with zero attached hydrogens (tertiary/aromatic N) is 2. The van der Waals surface area contributed by atoms with E-state index in [1.807, 2.05) is 23.1 Å². The molecule has 2 aromatic rings. The zero-order chi connectivity index (χ0) is 15.8. The minimum Gasteiger partial charge on any atom is -0.395 e. The third-order valence-electron chi connectivity index (χ3n) is 3.56. The Kier molecular flexibility index (Phi) is 6.06. The van der Waals surface area contributed by atoms with E-state index in [0.29, 0.717) is 18.7 Å². The lowest BCUT2D eigenvalue weighted by molar-refractivity contribution is -0.385. The van der Waals surface area contributed by atoms with Gasteiger partial charge in [0.1, 0.15) is 0 Å². The van der Waals surface area contributed by atoms with Gasteiger partial charge in [0.05, 0.1) is 11.5 Å². The molecular weight excluding hydrogens is 280 g/mol. The van der Waals surface area contributed by atoms with Gasteiger partial charge in [0, 0.05) is 31.3 Å². The van der Waals surface area contributed by atoms with Crippen LogP contribution in [-0.2, 0) is 13.0 Å². The number of aliphatic hydroxyl groups is 1. The van der Waals surface area contributed by atoms with Crippen molar-refractivity contribution in [1.82, 2.24) is 4.90 Å². The molecule has 0 spiro atoms. The minimum absolute atomic E-state index is 0.0371. The number of hydrogen-bond acceptors (Lipinski definition) is 4. The van der Waals surface area contributed by atoms with Crippen molar-refractivity contribution in [2.75, 3.05) is 19.7 Å². The maximum atomic E-state index is 11.1. The Hall–Kier alpha value is -2.24. The van der Waals surface area contributed by atoms with Gasteiger partial charge in [-0.1, -0.05) is 48.5 Å². The first-order valence-corrected chi connectivity index (χ1v) is 7.30. The summed E-state index contributed by atoms with van der Waals surface area (Å²) in [4.78, 5) is 12.8. The third kappa shape index (κ3) is 4.65. The molecule has 0 unspecified atom stereocenters. The van der Waals surface area contributed by atoms with Gasteiger partial charge in [-0.25, -0.2) is 0 Å². The summed E-state index contributed by atoms with van der Waals surface area (Å²) in [7, 11) is 0. The van der Waals surface area contributed by atoms with Crippen molar-refractivity contribution in [3.05, 3.63) is 75.8 Å². The zero-order valence-corrected chi connectivity index (χ0v) is 12.4. The van der Waals surface area contributed by atoms with E-state index in [4.69, 9.17) is 0 Å². The van der Waals surface area contributed by atoms with Gasteiger partial charge in [-0.15, -0.1) is 0 Å². The fraction of sp³-hybridized carbons (Fsp3) is 0.294. The van der Waals surface area contributed by atoms with Crippen molar-refractivity contribution in [3.63, 3.8) is 0 Å². The normalized spacial score (nSPS) is 10.8. The number of rotatable bonds is 8. The van der Waals surface area contributed by atoms with Gasteiger partial charge in [0.25, 0.3) is 5.69 Å². The van der Waals surface area contributed by atoms with Crippen LogP contribution in [0.5, 0.6) is 0 Å². The predicted molar refractivity (Wildman–Crippen MR) is 85.6 cm³/mol. The highest BCUT2D eigenvalue weighted by atomic mass is 16.6. The van der Waals surface area contributed by atoms with Gasteiger partial charge in [-0.2, -0.15) is 0 Å². The molecule has 1 N–H and O–H groups in total. The van der Waals surface area contributed by atoms with Gasteiger partial charge in [0.2, 0.25) is 0 Å². The van der Waals surface area contributed by atoms with Crippen LogP contribution < -0.4 is 0 Å². The molecule has 0 saturated carbocycles. The molecule has 2 rings (SSSR count). The second-order valence-corrected chi connectivity index (χ2v) is 5.12. The summed E-state index contributed by atoms with van der Waals surface area (Å²) in [5.41, 5.74) is 2.02. The number of nitro groups is 1. The van der Waals surface area contributed by atoms with Gasteiger partial charge < -0.3 is 5.11 Å². The van der Waals surface area contributed by atoms with E-state index in [-0.39, 0.29) is 17.2 Å². The number of hydrogen-bond donors (Lipinski definition) is 1. The molecule has 0 amide bonds. The summed E-state index contributed by atoms with van der Waals surface area (Å²) < 4.78 is 0. The van der Waals surface area contributed by atoms with E-state index in [1.165, 1.54) is 11.6 Å². The van der Waals surface area contributed by atoms with Crippen molar-refractivity contribution in [3.8, 4) is 0 Å². The van der Waals surface area contributed by atoms with Crippen LogP contribution in [0.4, 0.5) is 5.69 Å². The van der Waals surface area contributed by atoms with E-state index >= 15 is 0 Å². The Morgan fingerprint density at radius 2 is 1.68 bits per heavy atom. The third-order valence-corrected chi connectivity index (χ3v) is 3.56. The van der Waals surface area contributed by atoms with Crippen LogP contribution in [0.1, 0.15) is 11.1 Å². The van der Waals surface area contributed by atoms with Crippen molar-refractivity contribution in [1.29, 1.82) is 0 Å². The Morgan fingerprint density at radius 3 is 2.36 bits per heavy atom. The van der Waals surface area contributed by atoms with Crippen LogP contribution in [0.25, 0.3) is 0 Å². The first-order valence-electron chi connectivity index (χ1n) is 7.30. The minimum atomic E-state index is -0.357. The van der Waals surface area contributed by atoms with Gasteiger partial charge in [0.15, 0.2) is 0 Å². The highest BCUT2D eigenvalue weighted by Crippen LogP contribution is 2.19. The largest absolute Gasteiger partial charge is 0.395 e. The second kappa shape index (κ2) is 8.26. The van der Waals surface area contributed by atoms with Gasteiger partial charge >= 0.3 is 0 Å². The molecule has 0 aliphatic heterocycles. The molecule has 0 aliphatic carbocycles. The zero-order valence-electron chi connectivity index (χ0n) is 12.4. The molecule has 0 atom stereocenters. The van der Waals surface area contributed by atoms with Crippen molar-refractivity contribution < 1.29 is 10.0 Å². The molecule has 0 fully saturated rings. The Bertz CT molecular complexity index is 602. The molecule has 116 valence electrons. The van der Waals surface area contributed by atoms with E-state index < -0.39 is 0 Å². The molecule has 0 aromatic heterocycles. The molecule has 2 aromatic carbocycles. The molecule has 22 heavy (non-hydrogen) atoms. The highest BCUT2D eigenvalue weighted by molar-refractivity contribution is 5.39. The lowest BCUT2D eigenvalue weighted by Gasteiger charge is -2.21. The lowest BCUT2D eigenvalue weighted by Crippen LogP contribution is -2.29. The summed E-state index contributed by atoms with van der Waals surface area (Å²) in [5, 5.41) is 20.3. The van der Waals surface area contributed by atoms with Crippen molar-refractivity contribution in [2.45, 2.75) is 13.0 Å². The summed E-state index contributed by atoms with van der Waals surface area (Å²) in [6.07, 6.45) is 0.849. The van der Waals surface area contributed by atoms with Crippen molar-refractivity contribution >= 4 is 5.69 Å². The molecule has 0 aliphatic rings. The monoisotopic (exact) mass is 300 g/mol. The average molecular weight is 300 g/mol. The predicted octanol–water partition coefficient (Wildman–Crippen LogP) is 2.63. The topological polar surface area (TPSA) is 66.6 Å². The lowest BCUT2D eigenvalue weighted by atomic mass is 10.1. The summed E-state index contributed by atoms with van der Waals surface area (Å²) in [6, 6.07) is 16.8. The summed E-state index contributed by atoms with van der Waals surface area (Å²) in [5.74, 6) is 0. The van der Waals surface area contributed by atoms with Crippen molar-refractivity contribution in [2.24, 2.45) is 0 Å². The van der Waals surface area contributed by atoms with Crippen LogP contribution in [0.15, 0.2) is 54.6 Å². The number of aliphatic hydroxyl groups excluding tert-OH is 1. The molecule has 5 heteroatoms. The van der Waals surface area contributed by atoms with Crippen LogP contribution in [0, 0.1) is 10.1 Å². The maximum Gasteiger partial charge on any atom is 0.273 e. The SMILES string of the molecule is O=[N+]([O-])c1ccccc1CN(CCO)CCc1ccccc1. The smallest absolute Gasteiger partial charge is 0.273 e. The molecule has 0 heterocycles. The summed E-state index contributed by atoms with van der Waals surface area (Å²) in [6.45, 7) is 1.75. The van der Waals surface area contributed by atoms with E-state index in [1.54, 1.807) is 18.2 Å². The average Bonchev–Trinajstić information content (AvgIpc) is 2.54. The van der Waals surface area contributed by atoms with Crippen LogP contribution in [0.3, 0.4) is 0 Å². The number of para-hydroxylation sites is 1. The van der Waals surface area contributed by atoms with E-state index in [2.05, 4.69) is 12.1 Å². The number of benzene rings is 2. The maximum absolute atomic E-state index is 11.1. The fourth-order valence-corrected chi connectivity index (χ4v) is 2.41. The molecule has 5 nitrogen and oxygen atoms in total. The van der Waals surface area contributed by atoms with Gasteiger partial charge in [-0.3, -0.25) is 15.0 Å². The molecule has 0 bridgehead atoms. The van der Waals surface area contributed by atoms with E-state index in [9.17, 15) is 15.2 Å². The highest BCUT2D eigenvalue weighted by Gasteiger charge is 2.15. The Labute approximate surface area is 130 Å². The molecule has 0 radical (unpaired) electrons. The first-order chi connectivity index (χ1) is 10.7.